The largest absolute Gasteiger partial charge is 0.382 e. The summed E-state index contributed by atoms with van der Waals surface area (Å²) >= 11 is 0. The zero-order valence-corrected chi connectivity index (χ0v) is 16.0. The second-order valence-electron chi connectivity index (χ2n) is 6.62. The van der Waals surface area contributed by atoms with Gasteiger partial charge in [-0.3, -0.25) is 0 Å². The lowest BCUT2D eigenvalue weighted by Gasteiger charge is -2.10. The molecule has 0 atom stereocenters. The van der Waals surface area contributed by atoms with E-state index < -0.39 is 0 Å². The number of fused-ring (bicyclic) bond motifs is 1. The molecule has 28 heavy (non-hydrogen) atoms. The number of anilines is 2. The molecule has 144 valence electrons. The van der Waals surface area contributed by atoms with Gasteiger partial charge in [0.05, 0.1) is 23.5 Å². The summed E-state index contributed by atoms with van der Waals surface area (Å²) in [7, 11) is 0. The van der Waals surface area contributed by atoms with Crippen molar-refractivity contribution in [3.8, 4) is 6.07 Å². The van der Waals surface area contributed by atoms with Crippen LogP contribution < -0.4 is 16.4 Å². The monoisotopic (exact) mass is 377 g/mol. The highest BCUT2D eigenvalue weighted by Crippen LogP contribution is 2.24. The number of nitrogens with zero attached hydrogens (tertiary/aromatic N) is 4. The van der Waals surface area contributed by atoms with Gasteiger partial charge >= 0.3 is 6.03 Å². The summed E-state index contributed by atoms with van der Waals surface area (Å²) < 4.78 is 2.09. The van der Waals surface area contributed by atoms with Gasteiger partial charge in [0.2, 0.25) is 0 Å². The van der Waals surface area contributed by atoms with Crippen molar-refractivity contribution in [1.29, 1.82) is 5.26 Å². The molecule has 8 nitrogen and oxygen atoms in total. The number of aryl methyl sites for hydroxylation is 3. The number of nitrogens with two attached hydrogens (primary N) is 1. The molecule has 0 aliphatic rings. The first-order valence-corrected chi connectivity index (χ1v) is 9.12. The molecule has 0 unspecified atom stereocenters. The van der Waals surface area contributed by atoms with Crippen LogP contribution in [-0.4, -0.2) is 27.1 Å². The number of carbonyl (C=O) groups excluding carboxylic acids is 1. The Kier molecular flexibility index (Phi) is 5.75. The SMILES string of the molecule is Cc1nc(N)c2ncn(CCCCNC(=O)Nc3cccc(C#N)c3)c2c1C. The minimum absolute atomic E-state index is 0.284. The Labute approximate surface area is 163 Å². The average molecular weight is 377 g/mol. The van der Waals surface area contributed by atoms with Crippen molar-refractivity contribution in [3.63, 3.8) is 0 Å². The Balaban J connectivity index is 1.48. The average Bonchev–Trinajstić information content (AvgIpc) is 3.10. The molecular weight excluding hydrogens is 354 g/mol. The fourth-order valence-electron chi connectivity index (χ4n) is 3.07. The fourth-order valence-corrected chi connectivity index (χ4v) is 3.07. The van der Waals surface area contributed by atoms with E-state index in [0.717, 1.165) is 41.7 Å². The number of amides is 2. The third-order valence-corrected chi connectivity index (χ3v) is 4.63. The smallest absolute Gasteiger partial charge is 0.319 e. The van der Waals surface area contributed by atoms with E-state index in [1.165, 1.54) is 0 Å². The van der Waals surface area contributed by atoms with Gasteiger partial charge in [0.1, 0.15) is 5.52 Å². The molecule has 0 aliphatic heterocycles. The first-order valence-electron chi connectivity index (χ1n) is 9.12. The minimum Gasteiger partial charge on any atom is -0.382 e. The van der Waals surface area contributed by atoms with E-state index in [4.69, 9.17) is 11.0 Å². The Morgan fingerprint density at radius 1 is 1.32 bits per heavy atom. The zero-order valence-electron chi connectivity index (χ0n) is 16.0. The maximum Gasteiger partial charge on any atom is 0.319 e. The summed E-state index contributed by atoms with van der Waals surface area (Å²) in [6.07, 6.45) is 3.50. The van der Waals surface area contributed by atoms with Crippen LogP contribution in [0.25, 0.3) is 11.0 Å². The molecule has 0 saturated carbocycles. The number of urea groups is 1. The molecule has 0 radical (unpaired) electrons. The minimum atomic E-state index is -0.284. The summed E-state index contributed by atoms with van der Waals surface area (Å²) in [5.74, 6) is 0.454. The van der Waals surface area contributed by atoms with E-state index in [1.54, 1.807) is 30.6 Å². The predicted molar refractivity (Wildman–Crippen MR) is 109 cm³/mol. The van der Waals surface area contributed by atoms with E-state index in [1.807, 2.05) is 19.9 Å². The first-order chi connectivity index (χ1) is 13.5. The standard InChI is InChI=1S/C20H23N7O/c1-13-14(2)25-19(22)17-18(13)27(12-24-17)9-4-3-8-23-20(28)26-16-7-5-6-15(10-16)11-21/h5-7,10,12H,3-4,8-9H2,1-2H3,(H2,22,25)(H2,23,26,28). The molecule has 2 amide bonds. The van der Waals surface area contributed by atoms with Crippen LogP contribution in [0.4, 0.5) is 16.3 Å². The molecule has 8 heteroatoms. The van der Waals surface area contributed by atoms with Crippen molar-refractivity contribution in [2.24, 2.45) is 0 Å². The van der Waals surface area contributed by atoms with Crippen LogP contribution >= 0.6 is 0 Å². The predicted octanol–water partition coefficient (Wildman–Crippen LogP) is 3.10. The quantitative estimate of drug-likeness (QED) is 0.570. The van der Waals surface area contributed by atoms with Gasteiger partial charge in [0.15, 0.2) is 5.82 Å². The van der Waals surface area contributed by atoms with Gasteiger partial charge in [0, 0.05) is 24.5 Å². The third-order valence-electron chi connectivity index (χ3n) is 4.63. The number of hydrogen-bond donors (Lipinski definition) is 3. The van der Waals surface area contributed by atoms with Gasteiger partial charge in [-0.1, -0.05) is 6.07 Å². The van der Waals surface area contributed by atoms with E-state index in [-0.39, 0.29) is 6.03 Å². The summed E-state index contributed by atoms with van der Waals surface area (Å²) in [6.45, 7) is 5.30. The number of nitrogens with one attached hydrogen (secondary N) is 2. The van der Waals surface area contributed by atoms with E-state index >= 15 is 0 Å². The Hall–Kier alpha value is -3.60. The van der Waals surface area contributed by atoms with E-state index in [0.29, 0.717) is 23.6 Å². The van der Waals surface area contributed by atoms with Crippen LogP contribution in [0, 0.1) is 25.2 Å². The van der Waals surface area contributed by atoms with Crippen molar-refractivity contribution >= 4 is 28.6 Å². The van der Waals surface area contributed by atoms with Gasteiger partial charge in [0.25, 0.3) is 0 Å². The van der Waals surface area contributed by atoms with Crippen LogP contribution in [0.5, 0.6) is 0 Å². The molecule has 3 aromatic rings. The summed E-state index contributed by atoms with van der Waals surface area (Å²) in [6, 6.07) is 8.56. The lowest BCUT2D eigenvalue weighted by Crippen LogP contribution is -2.29. The van der Waals surface area contributed by atoms with Crippen LogP contribution in [0.1, 0.15) is 29.7 Å². The maximum absolute atomic E-state index is 12.0. The molecule has 3 rings (SSSR count). The second kappa shape index (κ2) is 8.39. The van der Waals surface area contributed by atoms with Crippen LogP contribution in [0.3, 0.4) is 0 Å². The van der Waals surface area contributed by atoms with Crippen LogP contribution in [-0.2, 0) is 6.54 Å². The number of benzene rings is 1. The number of pyridine rings is 1. The van der Waals surface area contributed by atoms with Gasteiger partial charge in [-0.15, -0.1) is 0 Å². The van der Waals surface area contributed by atoms with Crippen molar-refractivity contribution in [2.75, 3.05) is 17.6 Å². The van der Waals surface area contributed by atoms with Crippen molar-refractivity contribution in [3.05, 3.63) is 47.4 Å². The highest BCUT2D eigenvalue weighted by atomic mass is 16.2. The number of imidazole rings is 1. The van der Waals surface area contributed by atoms with Gasteiger partial charge in [-0.25, -0.2) is 14.8 Å². The van der Waals surface area contributed by atoms with Gasteiger partial charge in [-0.2, -0.15) is 5.26 Å². The van der Waals surface area contributed by atoms with E-state index in [9.17, 15) is 4.79 Å². The molecule has 1 aromatic carbocycles. The number of rotatable bonds is 6. The Bertz CT molecular complexity index is 1050. The van der Waals surface area contributed by atoms with Gasteiger partial charge in [-0.05, 0) is 50.5 Å². The fraction of sp³-hybridized carbons (Fsp3) is 0.300. The highest BCUT2D eigenvalue weighted by molar-refractivity contribution is 5.89. The van der Waals surface area contributed by atoms with Crippen LogP contribution in [0.2, 0.25) is 0 Å². The second-order valence-corrected chi connectivity index (χ2v) is 6.62. The normalized spacial score (nSPS) is 10.6. The summed E-state index contributed by atoms with van der Waals surface area (Å²) in [5, 5.41) is 14.4. The van der Waals surface area contributed by atoms with Crippen molar-refractivity contribution < 1.29 is 4.79 Å². The molecule has 0 spiro atoms. The molecule has 0 fully saturated rings. The first kappa shape index (κ1) is 19.2. The third kappa shape index (κ3) is 4.20. The topological polar surface area (TPSA) is 122 Å². The molecular formula is C20H23N7O. The molecule has 0 bridgehead atoms. The van der Waals surface area contributed by atoms with Crippen molar-refractivity contribution in [2.45, 2.75) is 33.2 Å². The number of hydrogen-bond acceptors (Lipinski definition) is 5. The Morgan fingerprint density at radius 2 is 2.14 bits per heavy atom. The number of carbonyl (C=O) groups is 1. The highest BCUT2D eigenvalue weighted by Gasteiger charge is 2.12. The Morgan fingerprint density at radius 3 is 2.93 bits per heavy atom. The van der Waals surface area contributed by atoms with E-state index in [2.05, 4.69) is 25.2 Å². The lowest BCUT2D eigenvalue weighted by molar-refractivity contribution is 0.252. The maximum atomic E-state index is 12.0. The summed E-state index contributed by atoms with van der Waals surface area (Å²) in [5.41, 5.74) is 10.8. The number of nitrogen functional groups attached to an aromatic ring is 1. The van der Waals surface area contributed by atoms with Gasteiger partial charge < -0.3 is 20.9 Å². The molecule has 2 heterocycles. The van der Waals surface area contributed by atoms with Crippen LogP contribution in [0.15, 0.2) is 30.6 Å². The molecule has 0 aliphatic carbocycles. The molecule has 2 aromatic heterocycles. The zero-order chi connectivity index (χ0) is 20.1. The summed E-state index contributed by atoms with van der Waals surface area (Å²) in [4.78, 5) is 20.7. The molecule has 4 N–H and O–H groups in total. The molecule has 0 saturated heterocycles. The lowest BCUT2D eigenvalue weighted by atomic mass is 10.2. The number of aromatic nitrogens is 3. The number of unbranched alkanes of at least 4 members (excludes halogenated alkanes) is 1. The number of nitriles is 1. The van der Waals surface area contributed by atoms with Crippen molar-refractivity contribution in [1.82, 2.24) is 19.9 Å².